The summed E-state index contributed by atoms with van der Waals surface area (Å²) < 4.78 is 0. The predicted molar refractivity (Wildman–Crippen MR) is 86.3 cm³/mol. The van der Waals surface area contributed by atoms with Gasteiger partial charge in [-0.1, -0.05) is 25.3 Å². The van der Waals surface area contributed by atoms with Crippen molar-refractivity contribution in [3.05, 3.63) is 30.1 Å². The summed E-state index contributed by atoms with van der Waals surface area (Å²) in [5.41, 5.74) is 7.56. The number of hydrogen-bond donors (Lipinski definition) is 1. The Balaban J connectivity index is 1.68. The van der Waals surface area contributed by atoms with Gasteiger partial charge in [0.05, 0.1) is 6.54 Å². The van der Waals surface area contributed by atoms with E-state index in [1.54, 1.807) is 0 Å². The first-order chi connectivity index (χ1) is 10.3. The van der Waals surface area contributed by atoms with Gasteiger partial charge in [-0.25, -0.2) is 0 Å². The van der Waals surface area contributed by atoms with Gasteiger partial charge in [-0.15, -0.1) is 0 Å². The Morgan fingerprint density at radius 2 is 1.90 bits per heavy atom. The molecule has 4 heteroatoms. The third-order valence-corrected chi connectivity index (χ3v) is 4.99. The third-order valence-electron chi connectivity index (χ3n) is 4.99. The van der Waals surface area contributed by atoms with Gasteiger partial charge in [0.15, 0.2) is 5.96 Å². The van der Waals surface area contributed by atoms with Gasteiger partial charge in [0.1, 0.15) is 0 Å². The monoisotopic (exact) mass is 286 g/mol. The minimum absolute atomic E-state index is 0.137. The SMILES string of the molecule is NC(=NCC1(c2ccccn2)CCC1)N1CCCCCC1. The molecule has 2 heterocycles. The molecule has 1 aliphatic carbocycles. The number of nitrogens with zero attached hydrogens (tertiary/aromatic N) is 3. The second kappa shape index (κ2) is 6.46. The Labute approximate surface area is 127 Å². The number of hydrogen-bond acceptors (Lipinski definition) is 2. The number of rotatable bonds is 3. The molecule has 4 nitrogen and oxygen atoms in total. The van der Waals surface area contributed by atoms with Crippen LogP contribution in [-0.4, -0.2) is 35.5 Å². The van der Waals surface area contributed by atoms with E-state index < -0.39 is 0 Å². The first-order valence-corrected chi connectivity index (χ1v) is 8.27. The maximum absolute atomic E-state index is 6.24. The highest BCUT2D eigenvalue weighted by atomic mass is 15.2. The van der Waals surface area contributed by atoms with Crippen LogP contribution in [0.25, 0.3) is 0 Å². The van der Waals surface area contributed by atoms with Gasteiger partial charge in [0, 0.05) is 30.4 Å². The lowest BCUT2D eigenvalue weighted by atomic mass is 9.66. The van der Waals surface area contributed by atoms with E-state index in [1.165, 1.54) is 50.6 Å². The van der Waals surface area contributed by atoms with Crippen LogP contribution in [0.3, 0.4) is 0 Å². The van der Waals surface area contributed by atoms with E-state index in [0.29, 0.717) is 0 Å². The van der Waals surface area contributed by atoms with Gasteiger partial charge in [-0.3, -0.25) is 9.98 Å². The van der Waals surface area contributed by atoms with Crippen molar-refractivity contribution in [1.29, 1.82) is 0 Å². The summed E-state index contributed by atoms with van der Waals surface area (Å²) >= 11 is 0. The molecule has 2 fully saturated rings. The van der Waals surface area contributed by atoms with E-state index in [-0.39, 0.29) is 5.41 Å². The normalized spacial score (nSPS) is 22.5. The Morgan fingerprint density at radius 1 is 1.14 bits per heavy atom. The van der Waals surface area contributed by atoms with Crippen molar-refractivity contribution < 1.29 is 0 Å². The number of likely N-dealkylation sites (tertiary alicyclic amines) is 1. The van der Waals surface area contributed by atoms with Crippen molar-refractivity contribution >= 4 is 5.96 Å². The fourth-order valence-electron chi connectivity index (χ4n) is 3.41. The smallest absolute Gasteiger partial charge is 0.191 e. The van der Waals surface area contributed by atoms with E-state index in [2.05, 4.69) is 22.0 Å². The molecule has 1 saturated carbocycles. The zero-order chi connectivity index (χ0) is 14.5. The lowest BCUT2D eigenvalue weighted by Crippen LogP contribution is -2.42. The van der Waals surface area contributed by atoms with Crippen LogP contribution in [0.4, 0.5) is 0 Å². The maximum Gasteiger partial charge on any atom is 0.191 e. The van der Waals surface area contributed by atoms with Crippen molar-refractivity contribution in [3.63, 3.8) is 0 Å². The largest absolute Gasteiger partial charge is 0.370 e. The van der Waals surface area contributed by atoms with E-state index in [4.69, 9.17) is 10.7 Å². The lowest BCUT2D eigenvalue weighted by Gasteiger charge is -2.40. The molecule has 1 aromatic rings. The zero-order valence-corrected chi connectivity index (χ0v) is 12.8. The fraction of sp³-hybridized carbons (Fsp3) is 0.647. The minimum atomic E-state index is 0.137. The van der Waals surface area contributed by atoms with Gasteiger partial charge in [-0.2, -0.15) is 0 Å². The first-order valence-electron chi connectivity index (χ1n) is 8.27. The number of nitrogens with two attached hydrogens (primary N) is 1. The summed E-state index contributed by atoms with van der Waals surface area (Å²) in [7, 11) is 0. The van der Waals surface area contributed by atoms with Gasteiger partial charge in [-0.05, 0) is 37.8 Å². The molecule has 114 valence electrons. The van der Waals surface area contributed by atoms with Gasteiger partial charge < -0.3 is 10.6 Å². The second-order valence-electron chi connectivity index (χ2n) is 6.42. The minimum Gasteiger partial charge on any atom is -0.370 e. The van der Waals surface area contributed by atoms with Gasteiger partial charge in [0.2, 0.25) is 0 Å². The zero-order valence-electron chi connectivity index (χ0n) is 12.8. The average Bonchev–Trinajstić information content (AvgIpc) is 2.76. The van der Waals surface area contributed by atoms with E-state index in [9.17, 15) is 0 Å². The third kappa shape index (κ3) is 3.20. The van der Waals surface area contributed by atoms with Gasteiger partial charge >= 0.3 is 0 Å². The summed E-state index contributed by atoms with van der Waals surface area (Å²) in [6.07, 6.45) is 10.6. The predicted octanol–water partition coefficient (Wildman–Crippen LogP) is 2.69. The standard InChI is InChI=1S/C17H26N4/c18-16(21-12-5-1-2-6-13-21)20-14-17(9-7-10-17)15-8-3-4-11-19-15/h3-4,8,11H,1-2,5-7,9-10,12-14H2,(H2,18,20). The quantitative estimate of drug-likeness (QED) is 0.686. The Hall–Kier alpha value is -1.58. The Bertz CT molecular complexity index is 471. The van der Waals surface area contributed by atoms with Crippen LogP contribution in [0.15, 0.2) is 29.4 Å². The Kier molecular flexibility index (Phi) is 4.42. The number of guanidine groups is 1. The highest BCUT2D eigenvalue weighted by Crippen LogP contribution is 2.43. The number of aromatic nitrogens is 1. The van der Waals surface area contributed by atoms with Crippen LogP contribution in [0.1, 0.15) is 50.6 Å². The summed E-state index contributed by atoms with van der Waals surface area (Å²) in [6.45, 7) is 2.91. The van der Waals surface area contributed by atoms with Crippen LogP contribution in [-0.2, 0) is 5.41 Å². The molecule has 0 spiro atoms. The molecule has 1 aromatic heterocycles. The molecule has 0 amide bonds. The summed E-state index contributed by atoms with van der Waals surface area (Å²) in [5.74, 6) is 0.735. The lowest BCUT2D eigenvalue weighted by molar-refractivity contribution is 0.245. The van der Waals surface area contributed by atoms with Crippen LogP contribution in [0.2, 0.25) is 0 Å². The van der Waals surface area contributed by atoms with Crippen LogP contribution in [0.5, 0.6) is 0 Å². The fourth-order valence-corrected chi connectivity index (χ4v) is 3.41. The van der Waals surface area contributed by atoms with Crippen LogP contribution < -0.4 is 5.73 Å². The molecule has 0 unspecified atom stereocenters. The number of pyridine rings is 1. The molecule has 1 saturated heterocycles. The molecule has 1 aliphatic heterocycles. The van der Waals surface area contributed by atoms with Gasteiger partial charge in [0.25, 0.3) is 0 Å². The Morgan fingerprint density at radius 3 is 2.48 bits per heavy atom. The average molecular weight is 286 g/mol. The first kappa shape index (κ1) is 14.4. The summed E-state index contributed by atoms with van der Waals surface area (Å²) in [6, 6.07) is 6.19. The topological polar surface area (TPSA) is 54.5 Å². The van der Waals surface area contributed by atoms with Crippen LogP contribution in [0, 0.1) is 0 Å². The molecule has 0 atom stereocenters. The maximum atomic E-state index is 6.24. The highest BCUT2D eigenvalue weighted by Gasteiger charge is 2.39. The molecule has 0 radical (unpaired) electrons. The molecule has 2 N–H and O–H groups in total. The highest BCUT2D eigenvalue weighted by molar-refractivity contribution is 5.78. The van der Waals surface area contributed by atoms with E-state index in [0.717, 1.165) is 25.6 Å². The van der Waals surface area contributed by atoms with Crippen molar-refractivity contribution in [2.75, 3.05) is 19.6 Å². The van der Waals surface area contributed by atoms with E-state index >= 15 is 0 Å². The molecule has 0 aromatic carbocycles. The van der Waals surface area contributed by atoms with Crippen molar-refractivity contribution in [2.45, 2.75) is 50.4 Å². The molecular weight excluding hydrogens is 260 g/mol. The molecular formula is C17H26N4. The second-order valence-corrected chi connectivity index (χ2v) is 6.42. The number of aliphatic imine (C=N–C) groups is 1. The van der Waals surface area contributed by atoms with Crippen LogP contribution >= 0.6 is 0 Å². The van der Waals surface area contributed by atoms with E-state index in [1.807, 2.05) is 12.3 Å². The van der Waals surface area contributed by atoms with Crippen molar-refractivity contribution in [3.8, 4) is 0 Å². The molecule has 3 rings (SSSR count). The summed E-state index contributed by atoms with van der Waals surface area (Å²) in [5, 5.41) is 0. The van der Waals surface area contributed by atoms with Crippen molar-refractivity contribution in [1.82, 2.24) is 9.88 Å². The molecule has 2 aliphatic rings. The molecule has 0 bridgehead atoms. The van der Waals surface area contributed by atoms with Crippen molar-refractivity contribution in [2.24, 2.45) is 10.7 Å². The molecule has 21 heavy (non-hydrogen) atoms. The summed E-state index contributed by atoms with van der Waals surface area (Å²) in [4.78, 5) is 11.6.